The molecule has 0 spiro atoms. The topological polar surface area (TPSA) is 59.0 Å². The van der Waals surface area contributed by atoms with E-state index in [1.165, 1.54) is 38.5 Å². The van der Waals surface area contributed by atoms with Crippen molar-refractivity contribution in [1.29, 1.82) is 0 Å². The Morgan fingerprint density at radius 2 is 1.90 bits per heavy atom. The van der Waals surface area contributed by atoms with Gasteiger partial charge in [-0.3, -0.25) is 4.68 Å². The van der Waals surface area contributed by atoms with Crippen LogP contribution in [0.1, 0.15) is 44.2 Å². The molecule has 21 heavy (non-hydrogen) atoms. The molecule has 2 amide bonds. The van der Waals surface area contributed by atoms with Crippen LogP contribution in [-0.2, 0) is 13.6 Å². The quantitative estimate of drug-likeness (QED) is 0.895. The van der Waals surface area contributed by atoms with E-state index in [9.17, 15) is 4.79 Å². The Balaban J connectivity index is 1.36. The molecular weight excluding hydrogens is 264 g/mol. The number of amides is 2. The zero-order valence-electron chi connectivity index (χ0n) is 12.6. The van der Waals surface area contributed by atoms with E-state index >= 15 is 0 Å². The molecule has 0 aliphatic heterocycles. The van der Waals surface area contributed by atoms with E-state index in [1.807, 2.05) is 19.3 Å². The standard InChI is InChI=1S/C16H24N4O/c1-20-3-2-14(19-20)10-17-15(21)18-16-7-11-4-12(8-16)6-13(5-11)9-16/h2-3,11-13H,4-10H2,1H3,(H2,17,18,21). The Labute approximate surface area is 125 Å². The van der Waals surface area contributed by atoms with Gasteiger partial charge >= 0.3 is 6.03 Å². The first-order valence-electron chi connectivity index (χ1n) is 8.15. The third-order valence-electron chi connectivity index (χ3n) is 5.62. The van der Waals surface area contributed by atoms with Gasteiger partial charge in [0, 0.05) is 18.8 Å². The third-order valence-corrected chi connectivity index (χ3v) is 5.62. The van der Waals surface area contributed by atoms with Crippen LogP contribution in [0.2, 0.25) is 0 Å². The number of urea groups is 1. The molecule has 0 saturated heterocycles. The molecule has 1 aromatic rings. The van der Waals surface area contributed by atoms with Gasteiger partial charge in [0.2, 0.25) is 0 Å². The number of hydrogen-bond acceptors (Lipinski definition) is 2. The Hall–Kier alpha value is -1.52. The van der Waals surface area contributed by atoms with E-state index < -0.39 is 0 Å². The summed E-state index contributed by atoms with van der Waals surface area (Å²) in [6.45, 7) is 0.499. The number of aromatic nitrogens is 2. The lowest BCUT2D eigenvalue weighted by molar-refractivity contribution is -0.0135. The van der Waals surface area contributed by atoms with Crippen molar-refractivity contribution in [2.45, 2.75) is 50.6 Å². The van der Waals surface area contributed by atoms with Gasteiger partial charge in [0.15, 0.2) is 0 Å². The van der Waals surface area contributed by atoms with Crippen molar-refractivity contribution in [3.8, 4) is 0 Å². The van der Waals surface area contributed by atoms with E-state index in [0.717, 1.165) is 23.4 Å². The Kier molecular flexibility index (Phi) is 2.98. The van der Waals surface area contributed by atoms with Crippen molar-refractivity contribution in [1.82, 2.24) is 20.4 Å². The Morgan fingerprint density at radius 3 is 2.43 bits per heavy atom. The predicted octanol–water partition coefficient (Wildman–Crippen LogP) is 2.19. The highest BCUT2D eigenvalue weighted by Gasteiger charge is 2.51. The first kappa shape index (κ1) is 13.2. The maximum Gasteiger partial charge on any atom is 0.315 e. The van der Waals surface area contributed by atoms with E-state index in [0.29, 0.717) is 6.54 Å². The first-order valence-corrected chi connectivity index (χ1v) is 8.15. The molecule has 0 unspecified atom stereocenters. The number of aryl methyl sites for hydroxylation is 1. The molecule has 1 aromatic heterocycles. The first-order chi connectivity index (χ1) is 10.1. The molecule has 5 rings (SSSR count). The van der Waals surface area contributed by atoms with Crippen LogP contribution in [0.3, 0.4) is 0 Å². The number of nitrogens with zero attached hydrogens (tertiary/aromatic N) is 2. The number of hydrogen-bond donors (Lipinski definition) is 2. The summed E-state index contributed by atoms with van der Waals surface area (Å²) in [5.41, 5.74) is 0.987. The summed E-state index contributed by atoms with van der Waals surface area (Å²) in [6.07, 6.45) is 9.67. The molecule has 4 saturated carbocycles. The van der Waals surface area contributed by atoms with Crippen molar-refractivity contribution in [2.75, 3.05) is 0 Å². The molecule has 0 aromatic carbocycles. The molecule has 0 atom stereocenters. The summed E-state index contributed by atoms with van der Waals surface area (Å²) >= 11 is 0. The lowest BCUT2D eigenvalue weighted by Gasteiger charge is -2.56. The van der Waals surface area contributed by atoms with Crippen LogP contribution >= 0.6 is 0 Å². The largest absolute Gasteiger partial charge is 0.333 e. The van der Waals surface area contributed by atoms with Crippen LogP contribution in [0.15, 0.2) is 12.3 Å². The van der Waals surface area contributed by atoms with E-state index in [2.05, 4.69) is 15.7 Å². The van der Waals surface area contributed by atoms with Crippen LogP contribution in [-0.4, -0.2) is 21.4 Å². The van der Waals surface area contributed by atoms with Gasteiger partial charge in [-0.2, -0.15) is 5.10 Å². The maximum atomic E-state index is 12.3. The average Bonchev–Trinajstić information content (AvgIpc) is 2.80. The second-order valence-electron chi connectivity index (χ2n) is 7.49. The van der Waals surface area contributed by atoms with Crippen molar-refractivity contribution in [2.24, 2.45) is 24.8 Å². The zero-order chi connectivity index (χ0) is 14.4. The van der Waals surface area contributed by atoms with Crippen LogP contribution < -0.4 is 10.6 Å². The van der Waals surface area contributed by atoms with Gasteiger partial charge in [-0.1, -0.05) is 0 Å². The highest BCUT2D eigenvalue weighted by Crippen LogP contribution is 2.55. The highest BCUT2D eigenvalue weighted by atomic mass is 16.2. The zero-order valence-corrected chi connectivity index (χ0v) is 12.6. The van der Waals surface area contributed by atoms with Crippen molar-refractivity contribution >= 4 is 6.03 Å². The smallest absolute Gasteiger partial charge is 0.315 e. The van der Waals surface area contributed by atoms with Crippen LogP contribution in [0.5, 0.6) is 0 Å². The molecule has 4 fully saturated rings. The minimum Gasteiger partial charge on any atom is -0.333 e. The summed E-state index contributed by atoms with van der Waals surface area (Å²) in [5.74, 6) is 2.56. The number of nitrogens with one attached hydrogen (secondary N) is 2. The Morgan fingerprint density at radius 1 is 1.29 bits per heavy atom. The van der Waals surface area contributed by atoms with E-state index in [1.54, 1.807) is 4.68 Å². The van der Waals surface area contributed by atoms with Crippen LogP contribution in [0.25, 0.3) is 0 Å². The fourth-order valence-corrected chi connectivity index (χ4v) is 5.28. The lowest BCUT2D eigenvalue weighted by atomic mass is 9.53. The fraction of sp³-hybridized carbons (Fsp3) is 0.750. The molecule has 5 nitrogen and oxygen atoms in total. The van der Waals surface area contributed by atoms with Gasteiger partial charge in [-0.05, 0) is 62.3 Å². The molecule has 114 valence electrons. The Bertz CT molecular complexity index is 515. The molecule has 4 bridgehead atoms. The highest BCUT2D eigenvalue weighted by molar-refractivity contribution is 5.74. The van der Waals surface area contributed by atoms with Crippen molar-refractivity contribution < 1.29 is 4.79 Å². The number of carbonyl (C=O) groups excluding carboxylic acids is 1. The molecule has 1 heterocycles. The second kappa shape index (κ2) is 4.75. The van der Waals surface area contributed by atoms with Gasteiger partial charge in [-0.15, -0.1) is 0 Å². The average molecular weight is 288 g/mol. The molecule has 2 N–H and O–H groups in total. The molecule has 0 radical (unpaired) electrons. The molecule has 4 aliphatic rings. The van der Waals surface area contributed by atoms with Crippen molar-refractivity contribution in [3.05, 3.63) is 18.0 Å². The van der Waals surface area contributed by atoms with Gasteiger partial charge in [0.1, 0.15) is 0 Å². The summed E-state index contributed by atoms with van der Waals surface area (Å²) in [7, 11) is 1.89. The lowest BCUT2D eigenvalue weighted by Crippen LogP contribution is -2.61. The summed E-state index contributed by atoms with van der Waals surface area (Å²) in [6, 6.07) is 1.91. The minimum absolute atomic E-state index is 0.0254. The van der Waals surface area contributed by atoms with Crippen molar-refractivity contribution in [3.63, 3.8) is 0 Å². The molecular formula is C16H24N4O. The normalized spacial score (nSPS) is 36.7. The maximum absolute atomic E-state index is 12.3. The monoisotopic (exact) mass is 288 g/mol. The van der Waals surface area contributed by atoms with Crippen LogP contribution in [0, 0.1) is 17.8 Å². The van der Waals surface area contributed by atoms with Gasteiger partial charge in [0.05, 0.1) is 12.2 Å². The predicted molar refractivity (Wildman–Crippen MR) is 79.5 cm³/mol. The molecule has 5 heteroatoms. The van der Waals surface area contributed by atoms with Gasteiger partial charge < -0.3 is 10.6 Å². The second-order valence-corrected chi connectivity index (χ2v) is 7.49. The van der Waals surface area contributed by atoms with E-state index in [4.69, 9.17) is 0 Å². The summed E-state index contributed by atoms with van der Waals surface area (Å²) in [5, 5.41) is 10.6. The fourth-order valence-electron chi connectivity index (χ4n) is 5.28. The summed E-state index contributed by atoms with van der Waals surface area (Å²) < 4.78 is 1.76. The van der Waals surface area contributed by atoms with Gasteiger partial charge in [0.25, 0.3) is 0 Å². The van der Waals surface area contributed by atoms with Gasteiger partial charge in [-0.25, -0.2) is 4.79 Å². The summed E-state index contributed by atoms with van der Waals surface area (Å²) in [4.78, 5) is 12.3. The SMILES string of the molecule is Cn1ccc(CNC(=O)NC23CC4CC(CC(C4)C2)C3)n1. The van der Waals surface area contributed by atoms with Crippen LogP contribution in [0.4, 0.5) is 4.79 Å². The number of carbonyl (C=O) groups is 1. The third kappa shape index (κ3) is 2.54. The van der Waals surface area contributed by atoms with E-state index in [-0.39, 0.29) is 11.6 Å². The number of rotatable bonds is 3. The molecule has 4 aliphatic carbocycles. The minimum atomic E-state index is -0.0254.